The first-order chi connectivity index (χ1) is 8.62. The molecular weight excluding hydrogens is 254 g/mol. The molecule has 1 saturated heterocycles. The summed E-state index contributed by atoms with van der Waals surface area (Å²) < 4.78 is 28.5. The van der Waals surface area contributed by atoms with Crippen LogP contribution in [0, 0.1) is 0 Å². The number of hydrogen-bond acceptors (Lipinski definition) is 6. The van der Waals surface area contributed by atoms with E-state index in [4.69, 9.17) is 4.74 Å². The van der Waals surface area contributed by atoms with Gasteiger partial charge in [-0.05, 0) is 19.8 Å². The standard InChI is InChI=1S/C11H17N3O3S/c1-2-17-10-5-6-12-11(14-10)13-8-9-4-3-7-18(9,15)16/h5-6,9H,2-4,7-8H2,1H3,(H,12,13,14). The summed E-state index contributed by atoms with van der Waals surface area (Å²) >= 11 is 0. The Bertz CT molecular complexity index is 504. The maximum absolute atomic E-state index is 11.6. The Kier molecular flexibility index (Phi) is 4.00. The minimum Gasteiger partial charge on any atom is -0.478 e. The second kappa shape index (κ2) is 5.51. The van der Waals surface area contributed by atoms with Crippen LogP contribution in [-0.4, -0.2) is 42.5 Å². The third-order valence-corrected chi connectivity index (χ3v) is 5.15. The van der Waals surface area contributed by atoms with Gasteiger partial charge in [0.05, 0.1) is 17.6 Å². The van der Waals surface area contributed by atoms with E-state index in [1.54, 1.807) is 12.3 Å². The van der Waals surface area contributed by atoms with E-state index in [1.165, 1.54) is 0 Å². The second-order valence-electron chi connectivity index (χ2n) is 4.16. The zero-order valence-corrected chi connectivity index (χ0v) is 11.1. The molecule has 7 heteroatoms. The SMILES string of the molecule is CCOc1ccnc(NCC2CCCS2(=O)=O)n1. The third kappa shape index (κ3) is 3.10. The highest BCUT2D eigenvalue weighted by Gasteiger charge is 2.30. The van der Waals surface area contributed by atoms with E-state index in [0.29, 0.717) is 37.2 Å². The molecule has 0 saturated carbocycles. The molecule has 18 heavy (non-hydrogen) atoms. The highest BCUT2D eigenvalue weighted by atomic mass is 32.2. The number of sulfone groups is 1. The number of anilines is 1. The van der Waals surface area contributed by atoms with Crippen molar-refractivity contribution in [3.63, 3.8) is 0 Å². The first-order valence-electron chi connectivity index (χ1n) is 6.03. The molecule has 0 spiro atoms. The van der Waals surface area contributed by atoms with Gasteiger partial charge < -0.3 is 10.1 Å². The topological polar surface area (TPSA) is 81.2 Å². The summed E-state index contributed by atoms with van der Waals surface area (Å²) in [7, 11) is -2.93. The highest BCUT2D eigenvalue weighted by molar-refractivity contribution is 7.92. The average molecular weight is 271 g/mol. The van der Waals surface area contributed by atoms with Gasteiger partial charge >= 0.3 is 0 Å². The molecule has 6 nitrogen and oxygen atoms in total. The van der Waals surface area contributed by atoms with Crippen molar-refractivity contribution in [2.75, 3.05) is 24.2 Å². The van der Waals surface area contributed by atoms with Gasteiger partial charge in [0.25, 0.3) is 0 Å². The summed E-state index contributed by atoms with van der Waals surface area (Å²) in [5, 5.41) is 2.64. The van der Waals surface area contributed by atoms with Crippen LogP contribution in [-0.2, 0) is 9.84 Å². The molecule has 0 amide bonds. The minimum atomic E-state index is -2.93. The summed E-state index contributed by atoms with van der Waals surface area (Å²) in [6.45, 7) is 2.77. The molecule has 100 valence electrons. The maximum Gasteiger partial charge on any atom is 0.225 e. The fourth-order valence-corrected chi connectivity index (χ4v) is 3.71. The van der Waals surface area contributed by atoms with Crippen LogP contribution in [0.2, 0.25) is 0 Å². The molecule has 2 heterocycles. The number of hydrogen-bond donors (Lipinski definition) is 1. The molecule has 1 aliphatic rings. The molecule has 1 unspecified atom stereocenters. The molecule has 1 fully saturated rings. The summed E-state index contributed by atoms with van der Waals surface area (Å²) in [4.78, 5) is 8.17. The molecule has 1 atom stereocenters. The lowest BCUT2D eigenvalue weighted by molar-refractivity contribution is 0.326. The Balaban J connectivity index is 1.96. The first-order valence-corrected chi connectivity index (χ1v) is 7.74. The number of nitrogens with one attached hydrogen (secondary N) is 1. The lowest BCUT2D eigenvalue weighted by atomic mass is 10.2. The van der Waals surface area contributed by atoms with Gasteiger partial charge in [0.1, 0.15) is 0 Å². The van der Waals surface area contributed by atoms with Crippen LogP contribution in [0.4, 0.5) is 5.95 Å². The predicted octanol–water partition coefficient (Wildman–Crippen LogP) is 0.864. The van der Waals surface area contributed by atoms with Crippen LogP contribution in [0.3, 0.4) is 0 Å². The van der Waals surface area contributed by atoms with Crippen molar-refractivity contribution >= 4 is 15.8 Å². The van der Waals surface area contributed by atoms with Crippen LogP contribution in [0.5, 0.6) is 5.88 Å². The van der Waals surface area contributed by atoms with Gasteiger partial charge in [0.15, 0.2) is 9.84 Å². The summed E-state index contributed by atoms with van der Waals surface area (Å²) in [5.41, 5.74) is 0. The highest BCUT2D eigenvalue weighted by Crippen LogP contribution is 2.20. The molecule has 0 aromatic carbocycles. The number of nitrogens with zero attached hydrogens (tertiary/aromatic N) is 2. The van der Waals surface area contributed by atoms with Gasteiger partial charge in [0, 0.05) is 18.8 Å². The monoisotopic (exact) mass is 271 g/mol. The van der Waals surface area contributed by atoms with Crippen molar-refractivity contribution in [1.29, 1.82) is 0 Å². The fourth-order valence-electron chi connectivity index (χ4n) is 1.95. The predicted molar refractivity (Wildman–Crippen MR) is 68.5 cm³/mol. The summed E-state index contributed by atoms with van der Waals surface area (Å²) in [6.07, 6.45) is 3.04. The molecule has 0 bridgehead atoms. The second-order valence-corrected chi connectivity index (χ2v) is 6.56. The number of aromatic nitrogens is 2. The van der Waals surface area contributed by atoms with Crippen molar-refractivity contribution in [2.45, 2.75) is 25.0 Å². The molecule has 0 radical (unpaired) electrons. The smallest absolute Gasteiger partial charge is 0.225 e. The average Bonchev–Trinajstić information content (AvgIpc) is 2.67. The van der Waals surface area contributed by atoms with Crippen LogP contribution < -0.4 is 10.1 Å². The van der Waals surface area contributed by atoms with Gasteiger partial charge in [0.2, 0.25) is 11.8 Å². The quantitative estimate of drug-likeness (QED) is 0.855. The van der Waals surface area contributed by atoms with Crippen molar-refractivity contribution in [3.8, 4) is 5.88 Å². The normalized spacial score (nSPS) is 21.7. The molecule has 1 N–H and O–H groups in total. The van der Waals surface area contributed by atoms with Crippen LogP contribution in [0.25, 0.3) is 0 Å². The Labute approximate surface area is 107 Å². The van der Waals surface area contributed by atoms with Crippen molar-refractivity contribution in [2.24, 2.45) is 0 Å². The molecule has 1 aromatic heterocycles. The number of ether oxygens (including phenoxy) is 1. The molecule has 2 rings (SSSR count). The van der Waals surface area contributed by atoms with E-state index in [9.17, 15) is 8.42 Å². The zero-order chi connectivity index (χ0) is 13.0. The van der Waals surface area contributed by atoms with E-state index in [-0.39, 0.29) is 5.25 Å². The summed E-state index contributed by atoms with van der Waals surface area (Å²) in [5.74, 6) is 1.19. The molecule has 1 aromatic rings. The first kappa shape index (κ1) is 13.1. The van der Waals surface area contributed by atoms with Gasteiger partial charge in [-0.15, -0.1) is 0 Å². The van der Waals surface area contributed by atoms with E-state index in [2.05, 4.69) is 15.3 Å². The van der Waals surface area contributed by atoms with Crippen molar-refractivity contribution in [3.05, 3.63) is 12.3 Å². The summed E-state index contributed by atoms with van der Waals surface area (Å²) in [6, 6.07) is 1.67. The third-order valence-electron chi connectivity index (χ3n) is 2.87. The van der Waals surface area contributed by atoms with E-state index in [1.807, 2.05) is 6.92 Å². The van der Waals surface area contributed by atoms with Crippen LogP contribution >= 0.6 is 0 Å². The van der Waals surface area contributed by atoms with Gasteiger partial charge in [-0.3, -0.25) is 0 Å². The largest absolute Gasteiger partial charge is 0.478 e. The lowest BCUT2D eigenvalue weighted by Crippen LogP contribution is -2.25. The van der Waals surface area contributed by atoms with E-state index in [0.717, 1.165) is 6.42 Å². The molecule has 1 aliphatic heterocycles. The van der Waals surface area contributed by atoms with E-state index >= 15 is 0 Å². The maximum atomic E-state index is 11.6. The van der Waals surface area contributed by atoms with E-state index < -0.39 is 9.84 Å². The van der Waals surface area contributed by atoms with Gasteiger partial charge in [-0.1, -0.05) is 0 Å². The van der Waals surface area contributed by atoms with Crippen LogP contribution in [0.1, 0.15) is 19.8 Å². The number of rotatable bonds is 5. The van der Waals surface area contributed by atoms with Gasteiger partial charge in [-0.25, -0.2) is 13.4 Å². The minimum absolute atomic E-state index is 0.291. The Morgan fingerprint density at radius 2 is 2.39 bits per heavy atom. The fraction of sp³-hybridized carbons (Fsp3) is 0.636. The Morgan fingerprint density at radius 3 is 3.06 bits per heavy atom. The lowest BCUT2D eigenvalue weighted by Gasteiger charge is -2.11. The Hall–Kier alpha value is -1.37. The molecule has 0 aliphatic carbocycles. The van der Waals surface area contributed by atoms with Crippen molar-refractivity contribution in [1.82, 2.24) is 9.97 Å². The Morgan fingerprint density at radius 1 is 1.56 bits per heavy atom. The zero-order valence-electron chi connectivity index (χ0n) is 10.3. The van der Waals surface area contributed by atoms with Crippen molar-refractivity contribution < 1.29 is 13.2 Å². The molecular formula is C11H17N3O3S. The van der Waals surface area contributed by atoms with Crippen LogP contribution in [0.15, 0.2) is 12.3 Å². The van der Waals surface area contributed by atoms with Gasteiger partial charge in [-0.2, -0.15) is 4.98 Å².